The molecule has 0 radical (unpaired) electrons. The molecule has 188 valence electrons. The van der Waals surface area contributed by atoms with Crippen molar-refractivity contribution in [3.8, 4) is 11.1 Å². The minimum atomic E-state index is -1.02. The molecule has 7 nitrogen and oxygen atoms in total. The number of carboxylic acid groups (broad SMARTS) is 1. The summed E-state index contributed by atoms with van der Waals surface area (Å²) in [5.74, 6) is -0.752. The molecule has 2 amide bonds. The second-order valence-electron chi connectivity index (χ2n) is 8.81. The highest BCUT2D eigenvalue weighted by molar-refractivity contribution is 7.98. The van der Waals surface area contributed by atoms with Crippen molar-refractivity contribution in [2.45, 2.75) is 45.1 Å². The van der Waals surface area contributed by atoms with E-state index in [-0.39, 0.29) is 19.1 Å². The summed E-state index contributed by atoms with van der Waals surface area (Å²) >= 11 is 1.56. The van der Waals surface area contributed by atoms with Crippen LogP contribution < -0.4 is 10.6 Å². The molecule has 2 aromatic rings. The lowest BCUT2D eigenvalue weighted by molar-refractivity contribution is -0.149. The number of hydrogen-bond donors (Lipinski definition) is 3. The molecule has 2 aromatic carbocycles. The van der Waals surface area contributed by atoms with E-state index < -0.39 is 29.4 Å². The molecule has 8 heteroatoms. The van der Waals surface area contributed by atoms with Gasteiger partial charge < -0.3 is 20.5 Å². The number of ether oxygens (including phenoxy) is 1. The molecule has 1 aliphatic rings. The van der Waals surface area contributed by atoms with Gasteiger partial charge in [-0.05, 0) is 53.5 Å². The van der Waals surface area contributed by atoms with E-state index in [1.807, 2.05) is 42.7 Å². The zero-order valence-corrected chi connectivity index (χ0v) is 21.3. The number of hydrogen-bond acceptors (Lipinski definition) is 5. The summed E-state index contributed by atoms with van der Waals surface area (Å²) in [7, 11) is 0. The van der Waals surface area contributed by atoms with Gasteiger partial charge in [-0.25, -0.2) is 4.79 Å². The van der Waals surface area contributed by atoms with Gasteiger partial charge in [-0.2, -0.15) is 11.8 Å². The van der Waals surface area contributed by atoms with Gasteiger partial charge >= 0.3 is 12.1 Å². The molecule has 3 N–H and O–H groups in total. The largest absolute Gasteiger partial charge is 0.481 e. The maximum Gasteiger partial charge on any atom is 0.407 e. The normalized spacial score (nSPS) is 13.5. The van der Waals surface area contributed by atoms with Crippen LogP contribution in [0.1, 0.15) is 50.2 Å². The minimum Gasteiger partial charge on any atom is -0.481 e. The third-order valence-corrected chi connectivity index (χ3v) is 7.62. The van der Waals surface area contributed by atoms with Crippen LogP contribution in [-0.4, -0.2) is 54.3 Å². The predicted octanol–water partition coefficient (Wildman–Crippen LogP) is 4.65. The highest BCUT2D eigenvalue weighted by atomic mass is 32.2. The Labute approximate surface area is 211 Å². The molecule has 0 bridgehead atoms. The molecule has 0 saturated carbocycles. The molecular weight excluding hydrogens is 464 g/mol. The third kappa shape index (κ3) is 5.99. The molecule has 0 heterocycles. The Morgan fingerprint density at radius 2 is 1.60 bits per heavy atom. The maximum atomic E-state index is 12.9. The van der Waals surface area contributed by atoms with Crippen molar-refractivity contribution in [2.75, 3.05) is 25.2 Å². The number of fused-ring (bicyclic) bond motifs is 3. The van der Waals surface area contributed by atoms with Crippen molar-refractivity contribution in [1.29, 1.82) is 0 Å². The predicted molar refractivity (Wildman–Crippen MR) is 139 cm³/mol. The van der Waals surface area contributed by atoms with Gasteiger partial charge in [0, 0.05) is 12.5 Å². The van der Waals surface area contributed by atoms with E-state index >= 15 is 0 Å². The molecule has 0 unspecified atom stereocenters. The van der Waals surface area contributed by atoms with Crippen LogP contribution in [0.4, 0.5) is 4.79 Å². The molecule has 0 spiro atoms. The van der Waals surface area contributed by atoms with Crippen molar-refractivity contribution in [2.24, 2.45) is 5.41 Å². The zero-order chi connectivity index (χ0) is 25.4. The van der Waals surface area contributed by atoms with E-state index in [9.17, 15) is 19.5 Å². The molecule has 0 aliphatic heterocycles. The van der Waals surface area contributed by atoms with Crippen LogP contribution in [-0.2, 0) is 14.3 Å². The second kappa shape index (κ2) is 12.1. The number of benzene rings is 2. The van der Waals surface area contributed by atoms with Crippen molar-refractivity contribution in [1.82, 2.24) is 10.6 Å². The third-order valence-electron chi connectivity index (χ3n) is 6.97. The summed E-state index contributed by atoms with van der Waals surface area (Å²) in [6, 6.07) is 15.4. The molecule has 0 saturated heterocycles. The molecule has 0 fully saturated rings. The maximum absolute atomic E-state index is 12.9. The van der Waals surface area contributed by atoms with Gasteiger partial charge in [0.2, 0.25) is 5.91 Å². The van der Waals surface area contributed by atoms with Gasteiger partial charge in [0.1, 0.15) is 12.6 Å². The Morgan fingerprint density at radius 3 is 2.11 bits per heavy atom. The number of amides is 2. The quantitative estimate of drug-likeness (QED) is 0.393. The van der Waals surface area contributed by atoms with E-state index in [2.05, 4.69) is 22.8 Å². The van der Waals surface area contributed by atoms with Crippen LogP contribution in [0.15, 0.2) is 48.5 Å². The summed E-state index contributed by atoms with van der Waals surface area (Å²) < 4.78 is 5.60. The molecule has 0 aromatic heterocycles. The fraction of sp³-hybridized carbons (Fsp3) is 0.444. The topological polar surface area (TPSA) is 105 Å². The van der Waals surface area contributed by atoms with Crippen LogP contribution >= 0.6 is 11.8 Å². The molecule has 35 heavy (non-hydrogen) atoms. The Hall–Kier alpha value is -3.00. The number of nitrogens with one attached hydrogen (secondary N) is 2. The van der Waals surface area contributed by atoms with Gasteiger partial charge in [-0.1, -0.05) is 62.4 Å². The average molecular weight is 499 g/mol. The van der Waals surface area contributed by atoms with Crippen LogP contribution in [0.5, 0.6) is 0 Å². The lowest BCUT2D eigenvalue weighted by Gasteiger charge is -2.28. The lowest BCUT2D eigenvalue weighted by Crippen LogP contribution is -2.51. The van der Waals surface area contributed by atoms with Gasteiger partial charge in [-0.3, -0.25) is 9.59 Å². The standard InChI is InChI=1S/C27H34N2O5S/c1-4-27(5-2,25(31)32)17-28-24(30)23(14-15-35-3)29-26(33)34-16-22-20-12-8-6-10-18(20)19-11-7-9-13-21(19)22/h6-13,22-23H,4-5,14-17H2,1-3H3,(H,28,30)(H,29,33)(H,31,32)/t23-/m1/s1. The van der Waals surface area contributed by atoms with Crippen molar-refractivity contribution in [3.63, 3.8) is 0 Å². The SMILES string of the molecule is CCC(CC)(CNC(=O)[C@@H](CCSC)NC(=O)OCC1c2ccccc2-c2ccccc21)C(=O)O. The number of carbonyl (C=O) groups is 3. The van der Waals surface area contributed by atoms with E-state index in [1.54, 1.807) is 25.6 Å². The van der Waals surface area contributed by atoms with Crippen molar-refractivity contribution < 1.29 is 24.2 Å². The fourth-order valence-electron chi connectivity index (χ4n) is 4.54. The molecular formula is C27H34N2O5S. The number of carboxylic acids is 1. The van der Waals surface area contributed by atoms with Crippen LogP contribution in [0.2, 0.25) is 0 Å². The first-order chi connectivity index (χ1) is 16.9. The van der Waals surface area contributed by atoms with Crippen molar-refractivity contribution >= 4 is 29.7 Å². The Bertz CT molecular complexity index is 1010. The molecule has 1 aliphatic carbocycles. The highest BCUT2D eigenvalue weighted by Crippen LogP contribution is 2.44. The highest BCUT2D eigenvalue weighted by Gasteiger charge is 2.36. The van der Waals surface area contributed by atoms with Gasteiger partial charge in [0.15, 0.2) is 0 Å². The van der Waals surface area contributed by atoms with E-state index in [1.165, 1.54) is 0 Å². The lowest BCUT2D eigenvalue weighted by atomic mass is 9.82. The monoisotopic (exact) mass is 498 g/mol. The Morgan fingerprint density at radius 1 is 1.03 bits per heavy atom. The number of thioether (sulfide) groups is 1. The fourth-order valence-corrected chi connectivity index (χ4v) is 5.02. The summed E-state index contributed by atoms with van der Waals surface area (Å²) in [6.45, 7) is 3.76. The van der Waals surface area contributed by atoms with Gasteiger partial charge in [0.05, 0.1) is 5.41 Å². The Balaban J connectivity index is 1.64. The van der Waals surface area contributed by atoms with Crippen LogP contribution in [0.25, 0.3) is 11.1 Å². The summed E-state index contributed by atoms with van der Waals surface area (Å²) in [6.07, 6.45) is 2.47. The smallest absolute Gasteiger partial charge is 0.407 e. The number of aliphatic carboxylic acids is 1. The summed E-state index contributed by atoms with van der Waals surface area (Å²) in [4.78, 5) is 37.4. The van der Waals surface area contributed by atoms with Crippen LogP contribution in [0, 0.1) is 5.41 Å². The average Bonchev–Trinajstić information content (AvgIpc) is 3.19. The number of rotatable bonds is 12. The molecule has 1 atom stereocenters. The van der Waals surface area contributed by atoms with Gasteiger partial charge in [-0.15, -0.1) is 0 Å². The Kier molecular flexibility index (Phi) is 9.20. The van der Waals surface area contributed by atoms with E-state index in [0.717, 1.165) is 22.3 Å². The van der Waals surface area contributed by atoms with Gasteiger partial charge in [0.25, 0.3) is 0 Å². The zero-order valence-electron chi connectivity index (χ0n) is 20.5. The molecule has 3 rings (SSSR count). The summed E-state index contributed by atoms with van der Waals surface area (Å²) in [5.41, 5.74) is 3.49. The number of alkyl carbamates (subject to hydrolysis) is 1. The van der Waals surface area contributed by atoms with E-state index in [0.29, 0.717) is 25.0 Å². The van der Waals surface area contributed by atoms with Crippen molar-refractivity contribution in [3.05, 3.63) is 59.7 Å². The number of carbonyl (C=O) groups excluding carboxylic acids is 2. The first-order valence-corrected chi connectivity index (χ1v) is 13.4. The summed E-state index contributed by atoms with van der Waals surface area (Å²) in [5, 5.41) is 15.1. The minimum absolute atomic E-state index is 0.0102. The first kappa shape index (κ1) is 26.6. The van der Waals surface area contributed by atoms with E-state index in [4.69, 9.17) is 4.74 Å². The second-order valence-corrected chi connectivity index (χ2v) is 9.80. The van der Waals surface area contributed by atoms with Crippen LogP contribution in [0.3, 0.4) is 0 Å². The first-order valence-electron chi connectivity index (χ1n) is 12.0.